The van der Waals surface area contributed by atoms with E-state index in [4.69, 9.17) is 16.3 Å². The number of ether oxygens (including phenoxy) is 1. The summed E-state index contributed by atoms with van der Waals surface area (Å²) in [5.74, 6) is 0.806. The van der Waals surface area contributed by atoms with E-state index in [1.165, 1.54) is 0 Å². The van der Waals surface area contributed by atoms with Crippen LogP contribution in [0.5, 0.6) is 5.75 Å². The summed E-state index contributed by atoms with van der Waals surface area (Å²) in [5.41, 5.74) is 1.19. The molecule has 1 unspecified atom stereocenters. The number of nitrogens with zero attached hydrogens (tertiary/aromatic N) is 1. The van der Waals surface area contributed by atoms with Crippen LogP contribution >= 0.6 is 11.6 Å². The molecule has 0 bridgehead atoms. The van der Waals surface area contributed by atoms with Crippen LogP contribution in [0, 0.1) is 11.3 Å². The molecule has 21 heavy (non-hydrogen) atoms. The number of nitriles is 1. The lowest BCUT2D eigenvalue weighted by Gasteiger charge is -2.25. The average Bonchev–Trinajstić information content (AvgIpc) is 2.48. The van der Waals surface area contributed by atoms with Crippen molar-refractivity contribution in [3.63, 3.8) is 0 Å². The van der Waals surface area contributed by atoms with Gasteiger partial charge in [0.1, 0.15) is 11.3 Å². The molecule has 0 saturated carbocycles. The number of hydrogen-bond acceptors (Lipinski definition) is 3. The lowest BCUT2D eigenvalue weighted by Crippen LogP contribution is -2.35. The fraction of sp³-hybridized carbons (Fsp3) is 0.235. The third kappa shape index (κ3) is 4.14. The summed E-state index contributed by atoms with van der Waals surface area (Å²) in [4.78, 5) is 0. The Morgan fingerprint density at radius 1 is 1.24 bits per heavy atom. The zero-order chi connectivity index (χ0) is 15.3. The standard InChI is InChI=1S/C17H17ClN2O/c1-17(12-19,20-15-5-3-4-14(18)10-15)11-13-6-8-16(21-2)9-7-13/h3-10,20H,11H2,1-2H3. The van der Waals surface area contributed by atoms with Gasteiger partial charge in [-0.15, -0.1) is 0 Å². The fourth-order valence-corrected chi connectivity index (χ4v) is 2.34. The highest BCUT2D eigenvalue weighted by molar-refractivity contribution is 6.30. The van der Waals surface area contributed by atoms with Crippen molar-refractivity contribution in [1.82, 2.24) is 0 Å². The van der Waals surface area contributed by atoms with Gasteiger partial charge in [-0.3, -0.25) is 0 Å². The quantitative estimate of drug-likeness (QED) is 0.896. The first kappa shape index (κ1) is 15.2. The number of nitrogens with one attached hydrogen (secondary N) is 1. The molecule has 0 aliphatic rings. The summed E-state index contributed by atoms with van der Waals surface area (Å²) in [7, 11) is 1.63. The third-order valence-electron chi connectivity index (χ3n) is 3.21. The minimum Gasteiger partial charge on any atom is -0.497 e. The Hall–Kier alpha value is -2.18. The number of hydrogen-bond donors (Lipinski definition) is 1. The van der Waals surface area contributed by atoms with Crippen LogP contribution in [-0.2, 0) is 6.42 Å². The number of benzene rings is 2. The second-order valence-corrected chi connectivity index (χ2v) is 5.54. The van der Waals surface area contributed by atoms with Crippen molar-refractivity contribution in [2.24, 2.45) is 0 Å². The second-order valence-electron chi connectivity index (χ2n) is 5.10. The summed E-state index contributed by atoms with van der Waals surface area (Å²) < 4.78 is 5.14. The van der Waals surface area contributed by atoms with E-state index in [0.29, 0.717) is 11.4 Å². The smallest absolute Gasteiger partial charge is 0.126 e. The van der Waals surface area contributed by atoms with Crippen LogP contribution in [0.25, 0.3) is 0 Å². The molecule has 1 N–H and O–H groups in total. The molecule has 1 atom stereocenters. The molecule has 2 aromatic rings. The maximum absolute atomic E-state index is 9.51. The SMILES string of the molecule is COc1ccc(CC(C)(C#N)Nc2cccc(Cl)c2)cc1. The molecule has 0 aromatic heterocycles. The first-order valence-electron chi connectivity index (χ1n) is 6.62. The lowest BCUT2D eigenvalue weighted by molar-refractivity contribution is 0.414. The van der Waals surface area contributed by atoms with Gasteiger partial charge in [0.05, 0.1) is 13.2 Å². The number of anilines is 1. The molecule has 0 saturated heterocycles. The highest BCUT2D eigenvalue weighted by Gasteiger charge is 2.24. The van der Waals surface area contributed by atoms with Gasteiger partial charge in [0.2, 0.25) is 0 Å². The van der Waals surface area contributed by atoms with Crippen LogP contribution in [-0.4, -0.2) is 12.6 Å². The highest BCUT2D eigenvalue weighted by atomic mass is 35.5. The van der Waals surface area contributed by atoms with E-state index in [-0.39, 0.29) is 0 Å². The topological polar surface area (TPSA) is 45.0 Å². The normalized spacial score (nSPS) is 13.0. The maximum Gasteiger partial charge on any atom is 0.126 e. The minimum atomic E-state index is -0.709. The van der Waals surface area contributed by atoms with Crippen LogP contribution in [0.4, 0.5) is 5.69 Å². The molecule has 0 heterocycles. The van der Waals surface area contributed by atoms with Gasteiger partial charge in [0, 0.05) is 17.1 Å². The van der Waals surface area contributed by atoms with E-state index in [0.717, 1.165) is 17.0 Å². The molecular weight excluding hydrogens is 284 g/mol. The van der Waals surface area contributed by atoms with Gasteiger partial charge in [-0.25, -0.2) is 0 Å². The third-order valence-corrected chi connectivity index (χ3v) is 3.44. The van der Waals surface area contributed by atoms with Gasteiger partial charge in [0.15, 0.2) is 0 Å². The number of rotatable bonds is 5. The fourth-order valence-electron chi connectivity index (χ4n) is 2.15. The second kappa shape index (κ2) is 6.51. The van der Waals surface area contributed by atoms with Gasteiger partial charge in [-0.2, -0.15) is 5.26 Å². The molecule has 0 radical (unpaired) electrons. The van der Waals surface area contributed by atoms with E-state index in [9.17, 15) is 5.26 Å². The lowest BCUT2D eigenvalue weighted by atomic mass is 9.94. The Labute approximate surface area is 130 Å². The molecule has 0 aliphatic heterocycles. The summed E-state index contributed by atoms with van der Waals surface area (Å²) in [6.45, 7) is 1.87. The number of halogens is 1. The van der Waals surface area contributed by atoms with Gasteiger partial charge in [-0.1, -0.05) is 29.8 Å². The summed E-state index contributed by atoms with van der Waals surface area (Å²) in [6.07, 6.45) is 0.583. The number of methoxy groups -OCH3 is 1. The van der Waals surface area contributed by atoms with Crippen molar-refractivity contribution in [3.05, 3.63) is 59.1 Å². The first-order chi connectivity index (χ1) is 10.0. The molecule has 2 aromatic carbocycles. The monoisotopic (exact) mass is 300 g/mol. The largest absolute Gasteiger partial charge is 0.497 e. The Morgan fingerprint density at radius 3 is 2.52 bits per heavy atom. The Bertz CT molecular complexity index is 649. The van der Waals surface area contributed by atoms with Crippen LogP contribution in [0.1, 0.15) is 12.5 Å². The Kier molecular flexibility index (Phi) is 4.72. The summed E-state index contributed by atoms with van der Waals surface area (Å²) in [5, 5.41) is 13.4. The van der Waals surface area contributed by atoms with E-state index in [1.807, 2.05) is 49.4 Å². The van der Waals surface area contributed by atoms with Gasteiger partial charge in [-0.05, 0) is 42.8 Å². The minimum absolute atomic E-state index is 0.583. The predicted molar refractivity (Wildman–Crippen MR) is 85.8 cm³/mol. The van der Waals surface area contributed by atoms with Crippen molar-refractivity contribution >= 4 is 17.3 Å². The van der Waals surface area contributed by atoms with E-state index >= 15 is 0 Å². The first-order valence-corrected chi connectivity index (χ1v) is 7.00. The molecule has 0 aliphatic carbocycles. The van der Waals surface area contributed by atoms with Crippen LogP contribution in [0.3, 0.4) is 0 Å². The molecular formula is C17H17ClN2O. The van der Waals surface area contributed by atoms with Crippen molar-refractivity contribution in [3.8, 4) is 11.8 Å². The average molecular weight is 301 g/mol. The maximum atomic E-state index is 9.51. The van der Waals surface area contributed by atoms with Crippen LogP contribution in [0.2, 0.25) is 5.02 Å². The zero-order valence-electron chi connectivity index (χ0n) is 12.1. The Morgan fingerprint density at radius 2 is 1.95 bits per heavy atom. The molecule has 0 fully saturated rings. The van der Waals surface area contributed by atoms with Gasteiger partial charge in [0.25, 0.3) is 0 Å². The van der Waals surface area contributed by atoms with Crippen molar-refractivity contribution in [2.75, 3.05) is 12.4 Å². The summed E-state index contributed by atoms with van der Waals surface area (Å²) >= 11 is 5.97. The van der Waals surface area contributed by atoms with E-state index in [1.54, 1.807) is 13.2 Å². The van der Waals surface area contributed by atoms with Crippen molar-refractivity contribution < 1.29 is 4.74 Å². The highest BCUT2D eigenvalue weighted by Crippen LogP contribution is 2.23. The van der Waals surface area contributed by atoms with Gasteiger partial charge >= 0.3 is 0 Å². The molecule has 2 rings (SSSR count). The molecule has 108 valence electrons. The van der Waals surface area contributed by atoms with Crippen LogP contribution in [0.15, 0.2) is 48.5 Å². The summed E-state index contributed by atoms with van der Waals surface area (Å²) in [6, 6.07) is 17.4. The van der Waals surface area contributed by atoms with Gasteiger partial charge < -0.3 is 10.1 Å². The predicted octanol–water partition coefficient (Wildman–Crippen LogP) is 4.29. The van der Waals surface area contributed by atoms with Crippen LogP contribution < -0.4 is 10.1 Å². The van der Waals surface area contributed by atoms with E-state index in [2.05, 4.69) is 11.4 Å². The molecule has 4 heteroatoms. The molecule has 0 amide bonds. The van der Waals surface area contributed by atoms with Crippen molar-refractivity contribution in [1.29, 1.82) is 5.26 Å². The Balaban J connectivity index is 2.15. The molecule has 3 nitrogen and oxygen atoms in total. The zero-order valence-corrected chi connectivity index (χ0v) is 12.8. The molecule has 0 spiro atoms. The van der Waals surface area contributed by atoms with E-state index < -0.39 is 5.54 Å². The van der Waals surface area contributed by atoms with Crippen molar-refractivity contribution in [2.45, 2.75) is 18.9 Å².